The molecule has 1 heterocycles. The number of hydrogen-bond acceptors (Lipinski definition) is 5. The van der Waals surface area contributed by atoms with Crippen LogP contribution < -0.4 is 0 Å². The molecule has 0 N–H and O–H groups in total. The molecule has 0 fully saturated rings. The number of methoxy groups -OCH3 is 1. The number of pyridine rings is 1. The van der Waals surface area contributed by atoms with E-state index in [1.807, 2.05) is 0 Å². The summed E-state index contributed by atoms with van der Waals surface area (Å²) in [6.45, 7) is 3.09. The summed E-state index contributed by atoms with van der Waals surface area (Å²) in [5.74, 6) is -0.516. The van der Waals surface area contributed by atoms with E-state index in [1.54, 1.807) is 13.8 Å². The molecule has 17 heavy (non-hydrogen) atoms. The first-order chi connectivity index (χ1) is 7.70. The van der Waals surface area contributed by atoms with Gasteiger partial charge in [0, 0.05) is 12.5 Å². The Morgan fingerprint density at radius 2 is 2.00 bits per heavy atom. The molecule has 0 aromatic carbocycles. The first-order valence-corrected chi connectivity index (χ1v) is 6.83. The highest BCUT2D eigenvalue weighted by Crippen LogP contribution is 2.27. The number of rotatable bonds is 3. The van der Waals surface area contributed by atoms with Crippen LogP contribution in [0.4, 0.5) is 0 Å². The molecule has 6 heteroatoms. The summed E-state index contributed by atoms with van der Waals surface area (Å²) in [4.78, 5) is 15.4. The van der Waals surface area contributed by atoms with Crippen molar-refractivity contribution in [2.75, 3.05) is 13.4 Å². The molecule has 94 valence electrons. The predicted octanol–water partition coefficient (Wildman–Crippen LogP) is 1.15. The number of nitrogens with zero attached hydrogens (tertiary/aromatic N) is 1. The first kappa shape index (κ1) is 13.6. The predicted molar refractivity (Wildman–Crippen MR) is 63.4 cm³/mol. The SMILES string of the molecule is COC(=O)c1ccnc(C(C)(C)S(C)(=O)=O)c1. The van der Waals surface area contributed by atoms with E-state index in [0.29, 0.717) is 5.69 Å². The topological polar surface area (TPSA) is 73.3 Å². The molecule has 5 nitrogen and oxygen atoms in total. The molecule has 1 rings (SSSR count). The number of hydrogen-bond donors (Lipinski definition) is 0. The molecular formula is C11H15NO4S. The van der Waals surface area contributed by atoms with Crippen LogP contribution in [0.2, 0.25) is 0 Å². The van der Waals surface area contributed by atoms with Crippen LogP contribution in [0.25, 0.3) is 0 Å². The highest BCUT2D eigenvalue weighted by Gasteiger charge is 2.34. The van der Waals surface area contributed by atoms with Gasteiger partial charge < -0.3 is 4.74 Å². The molecule has 0 amide bonds. The van der Waals surface area contributed by atoms with E-state index < -0.39 is 20.6 Å². The second kappa shape index (κ2) is 4.44. The Morgan fingerprint density at radius 3 is 2.47 bits per heavy atom. The second-order valence-corrected chi connectivity index (χ2v) is 6.77. The number of carbonyl (C=O) groups excluding carboxylic acids is 1. The molecule has 0 aliphatic rings. The lowest BCUT2D eigenvalue weighted by Gasteiger charge is -2.21. The number of sulfone groups is 1. The van der Waals surface area contributed by atoms with Crippen LogP contribution in [0.3, 0.4) is 0 Å². The van der Waals surface area contributed by atoms with Crippen molar-refractivity contribution in [2.24, 2.45) is 0 Å². The Morgan fingerprint density at radius 1 is 1.41 bits per heavy atom. The quantitative estimate of drug-likeness (QED) is 0.759. The highest BCUT2D eigenvalue weighted by molar-refractivity contribution is 7.91. The van der Waals surface area contributed by atoms with Crippen molar-refractivity contribution in [3.63, 3.8) is 0 Å². The molecule has 0 bridgehead atoms. The second-order valence-electron chi connectivity index (χ2n) is 4.20. The Bertz CT molecular complexity index is 534. The van der Waals surface area contributed by atoms with Crippen molar-refractivity contribution in [1.82, 2.24) is 4.98 Å². The average Bonchev–Trinajstić information content (AvgIpc) is 2.26. The molecule has 0 aliphatic carbocycles. The van der Waals surface area contributed by atoms with Gasteiger partial charge >= 0.3 is 5.97 Å². The minimum atomic E-state index is -3.32. The number of aromatic nitrogens is 1. The van der Waals surface area contributed by atoms with Gasteiger partial charge in [0.2, 0.25) is 0 Å². The summed E-state index contributed by atoms with van der Waals surface area (Å²) in [7, 11) is -2.05. The van der Waals surface area contributed by atoms with Gasteiger partial charge in [0.15, 0.2) is 9.84 Å². The summed E-state index contributed by atoms with van der Waals surface area (Å²) in [5.41, 5.74) is 0.608. The van der Waals surface area contributed by atoms with Crippen molar-refractivity contribution in [1.29, 1.82) is 0 Å². The van der Waals surface area contributed by atoms with E-state index in [-0.39, 0.29) is 5.56 Å². The van der Waals surface area contributed by atoms with Gasteiger partial charge in [0.1, 0.15) is 4.75 Å². The van der Waals surface area contributed by atoms with Crippen LogP contribution in [0.15, 0.2) is 18.3 Å². The van der Waals surface area contributed by atoms with Gasteiger partial charge in [-0.15, -0.1) is 0 Å². The zero-order chi connectivity index (χ0) is 13.3. The Kier molecular flexibility index (Phi) is 3.56. The normalized spacial score (nSPS) is 12.2. The first-order valence-electron chi connectivity index (χ1n) is 4.94. The summed E-state index contributed by atoms with van der Waals surface area (Å²) >= 11 is 0. The van der Waals surface area contributed by atoms with Crippen LogP contribution in [0, 0.1) is 0 Å². The number of carbonyl (C=O) groups is 1. The largest absolute Gasteiger partial charge is 0.465 e. The summed E-state index contributed by atoms with van der Waals surface area (Å²) < 4.78 is 26.7. The molecule has 0 atom stereocenters. The van der Waals surface area contributed by atoms with Crippen molar-refractivity contribution < 1.29 is 17.9 Å². The van der Waals surface area contributed by atoms with Crippen molar-refractivity contribution in [2.45, 2.75) is 18.6 Å². The van der Waals surface area contributed by atoms with E-state index in [9.17, 15) is 13.2 Å². The summed E-state index contributed by atoms with van der Waals surface area (Å²) in [6, 6.07) is 2.92. The lowest BCUT2D eigenvalue weighted by atomic mass is 10.1. The Labute approximate surface area is 101 Å². The van der Waals surface area contributed by atoms with E-state index in [1.165, 1.54) is 25.4 Å². The smallest absolute Gasteiger partial charge is 0.337 e. The minimum Gasteiger partial charge on any atom is -0.465 e. The lowest BCUT2D eigenvalue weighted by molar-refractivity contribution is 0.0600. The highest BCUT2D eigenvalue weighted by atomic mass is 32.2. The van der Waals surface area contributed by atoms with Crippen molar-refractivity contribution in [3.8, 4) is 0 Å². The van der Waals surface area contributed by atoms with E-state index >= 15 is 0 Å². The number of esters is 1. The molecule has 0 aliphatic heterocycles. The standard InChI is InChI=1S/C11H15NO4S/c1-11(2,17(4,14)15)9-7-8(5-6-12-9)10(13)16-3/h5-7H,1-4H3. The molecular weight excluding hydrogens is 242 g/mol. The summed E-state index contributed by atoms with van der Waals surface area (Å²) in [5, 5.41) is 0. The average molecular weight is 257 g/mol. The fourth-order valence-corrected chi connectivity index (χ4v) is 1.69. The van der Waals surface area contributed by atoms with Crippen molar-refractivity contribution >= 4 is 15.8 Å². The fourth-order valence-electron chi connectivity index (χ4n) is 1.19. The van der Waals surface area contributed by atoms with E-state index in [2.05, 4.69) is 9.72 Å². The Balaban J connectivity index is 3.30. The third-order valence-electron chi connectivity index (χ3n) is 2.72. The third kappa shape index (κ3) is 2.63. The maximum atomic E-state index is 11.6. The molecule has 0 saturated carbocycles. The third-order valence-corrected chi connectivity index (χ3v) is 4.79. The minimum absolute atomic E-state index is 0.286. The molecule has 0 spiro atoms. The van der Waals surface area contributed by atoms with Gasteiger partial charge in [-0.3, -0.25) is 4.98 Å². The van der Waals surface area contributed by atoms with Gasteiger partial charge in [-0.1, -0.05) is 0 Å². The molecule has 0 radical (unpaired) electrons. The van der Waals surface area contributed by atoms with Gasteiger partial charge in [-0.05, 0) is 26.0 Å². The monoisotopic (exact) mass is 257 g/mol. The molecule has 1 aromatic heterocycles. The van der Waals surface area contributed by atoms with E-state index in [4.69, 9.17) is 0 Å². The van der Waals surface area contributed by atoms with Gasteiger partial charge in [-0.25, -0.2) is 13.2 Å². The van der Waals surface area contributed by atoms with Crippen LogP contribution in [0.5, 0.6) is 0 Å². The Hall–Kier alpha value is -1.43. The van der Waals surface area contributed by atoms with Crippen LogP contribution >= 0.6 is 0 Å². The summed E-state index contributed by atoms with van der Waals surface area (Å²) in [6.07, 6.45) is 2.54. The van der Waals surface area contributed by atoms with E-state index in [0.717, 1.165) is 6.26 Å². The van der Waals surface area contributed by atoms with Gasteiger partial charge in [0.25, 0.3) is 0 Å². The van der Waals surface area contributed by atoms with Crippen LogP contribution in [-0.2, 0) is 19.3 Å². The lowest BCUT2D eigenvalue weighted by Crippen LogP contribution is -2.29. The fraction of sp³-hybridized carbons (Fsp3) is 0.455. The maximum Gasteiger partial charge on any atom is 0.337 e. The van der Waals surface area contributed by atoms with Crippen molar-refractivity contribution in [3.05, 3.63) is 29.6 Å². The molecule has 0 unspecified atom stereocenters. The zero-order valence-corrected chi connectivity index (χ0v) is 11.0. The maximum absolute atomic E-state index is 11.6. The molecule has 0 saturated heterocycles. The number of ether oxygens (including phenoxy) is 1. The van der Waals surface area contributed by atoms with Gasteiger partial charge in [-0.2, -0.15) is 0 Å². The van der Waals surface area contributed by atoms with Crippen LogP contribution in [0.1, 0.15) is 29.9 Å². The van der Waals surface area contributed by atoms with Gasteiger partial charge in [0.05, 0.1) is 18.4 Å². The van der Waals surface area contributed by atoms with Crippen LogP contribution in [-0.4, -0.2) is 32.7 Å². The molecule has 1 aromatic rings. The zero-order valence-electron chi connectivity index (χ0n) is 10.2.